The molecule has 1 spiro atoms. The molecule has 12 heteroatoms. The molecule has 4 N–H and O–H groups in total. The summed E-state index contributed by atoms with van der Waals surface area (Å²) in [4.78, 5) is 49.5. The van der Waals surface area contributed by atoms with E-state index in [9.17, 15) is 14.4 Å². The Morgan fingerprint density at radius 3 is 2.78 bits per heavy atom. The number of fused-ring (bicyclic) bond motifs is 2. The molecule has 0 aromatic carbocycles. The first-order chi connectivity index (χ1) is 17.3. The van der Waals surface area contributed by atoms with E-state index >= 15 is 0 Å². The molecular formula is C24H29N7O3S2. The van der Waals surface area contributed by atoms with Crippen molar-refractivity contribution in [3.05, 3.63) is 54.7 Å². The second-order valence-electron chi connectivity index (χ2n) is 9.46. The maximum Gasteiger partial charge on any atom is 0.270 e. The summed E-state index contributed by atoms with van der Waals surface area (Å²) in [5.74, 6) is -0.321. The SMILES string of the molecule is CN(C)CCNC(=O)c1csc(-c2csc(Cn3c(CCCN)c4c(cc3=O)C3(CC3)NC4=O)n2)n1. The first-order valence-corrected chi connectivity index (χ1v) is 13.7. The molecule has 2 amide bonds. The number of carbonyl (C=O) groups excluding carboxylic acids is 2. The van der Waals surface area contributed by atoms with Gasteiger partial charge in [0.05, 0.1) is 17.6 Å². The zero-order chi connectivity index (χ0) is 25.4. The zero-order valence-corrected chi connectivity index (χ0v) is 21.9. The molecule has 0 atom stereocenters. The Morgan fingerprint density at radius 1 is 1.25 bits per heavy atom. The summed E-state index contributed by atoms with van der Waals surface area (Å²) >= 11 is 2.78. The van der Waals surface area contributed by atoms with E-state index in [2.05, 4.69) is 15.6 Å². The van der Waals surface area contributed by atoms with Gasteiger partial charge >= 0.3 is 0 Å². The third-order valence-corrected chi connectivity index (χ3v) is 8.22. The number of nitrogens with one attached hydrogen (secondary N) is 2. The lowest BCUT2D eigenvalue weighted by molar-refractivity contribution is 0.0940. The van der Waals surface area contributed by atoms with Crippen molar-refractivity contribution < 1.29 is 9.59 Å². The van der Waals surface area contributed by atoms with Crippen LogP contribution in [0.5, 0.6) is 0 Å². The standard InChI is InChI=1S/C24H29N7O3S2/c1-30(2)9-8-26-21(33)15-12-36-23(28-15)16-13-35-18(27-16)11-31-17(4-3-7-25)20-14(10-19(31)32)24(5-6-24)29-22(20)34/h10,12-13H,3-9,11,25H2,1-2H3,(H,26,33)(H,29,34). The molecule has 5 rings (SSSR count). The second-order valence-corrected chi connectivity index (χ2v) is 11.3. The predicted octanol–water partition coefficient (Wildman–Crippen LogP) is 1.39. The number of nitrogens with zero attached hydrogens (tertiary/aromatic N) is 4. The molecule has 1 saturated carbocycles. The third kappa shape index (κ3) is 4.73. The van der Waals surface area contributed by atoms with E-state index in [0.717, 1.165) is 35.7 Å². The number of carbonyl (C=O) groups is 2. The van der Waals surface area contributed by atoms with Crippen LogP contribution in [0.25, 0.3) is 10.7 Å². The zero-order valence-electron chi connectivity index (χ0n) is 20.3. The topological polar surface area (TPSA) is 135 Å². The Hall–Kier alpha value is -2.93. The lowest BCUT2D eigenvalue weighted by Gasteiger charge is -2.16. The molecule has 4 heterocycles. The summed E-state index contributed by atoms with van der Waals surface area (Å²) < 4.78 is 1.66. The Balaban J connectivity index is 1.38. The molecule has 0 bridgehead atoms. The van der Waals surface area contributed by atoms with Gasteiger partial charge in [0.2, 0.25) is 0 Å². The number of thiazole rings is 2. The molecule has 3 aromatic heterocycles. The number of rotatable bonds is 10. The number of pyridine rings is 1. The van der Waals surface area contributed by atoms with Crippen molar-refractivity contribution in [3.63, 3.8) is 0 Å². The lowest BCUT2D eigenvalue weighted by atomic mass is 9.99. The van der Waals surface area contributed by atoms with E-state index in [1.54, 1.807) is 16.0 Å². The monoisotopic (exact) mass is 527 g/mol. The largest absolute Gasteiger partial charge is 0.349 e. The summed E-state index contributed by atoms with van der Waals surface area (Å²) in [5.41, 5.74) is 8.49. The normalized spacial score (nSPS) is 15.4. The van der Waals surface area contributed by atoms with Crippen molar-refractivity contribution in [2.24, 2.45) is 5.73 Å². The molecular weight excluding hydrogens is 498 g/mol. The maximum absolute atomic E-state index is 13.2. The molecule has 190 valence electrons. The van der Waals surface area contributed by atoms with Crippen LogP contribution < -0.4 is 21.9 Å². The first kappa shape index (κ1) is 24.8. The fourth-order valence-corrected chi connectivity index (χ4v) is 6.09. The number of aromatic nitrogens is 3. The molecule has 0 saturated heterocycles. The van der Waals surface area contributed by atoms with E-state index in [1.165, 1.54) is 22.7 Å². The van der Waals surface area contributed by atoms with Crippen molar-refractivity contribution in [1.29, 1.82) is 0 Å². The van der Waals surface area contributed by atoms with E-state index in [0.29, 0.717) is 47.9 Å². The highest BCUT2D eigenvalue weighted by Gasteiger charge is 2.53. The van der Waals surface area contributed by atoms with E-state index in [-0.39, 0.29) is 29.5 Å². The van der Waals surface area contributed by atoms with Crippen molar-refractivity contribution in [2.45, 2.75) is 37.8 Å². The third-order valence-electron chi connectivity index (χ3n) is 6.53. The molecule has 0 radical (unpaired) electrons. The molecule has 1 fully saturated rings. The van der Waals surface area contributed by atoms with Crippen LogP contribution in [0.2, 0.25) is 0 Å². The number of likely N-dealkylation sites (N-methyl/N-ethyl adjacent to an activating group) is 1. The highest BCUT2D eigenvalue weighted by molar-refractivity contribution is 7.14. The predicted molar refractivity (Wildman–Crippen MR) is 140 cm³/mol. The van der Waals surface area contributed by atoms with Crippen LogP contribution >= 0.6 is 22.7 Å². The fourth-order valence-electron chi connectivity index (χ4n) is 4.49. The van der Waals surface area contributed by atoms with Gasteiger partial charge in [-0.2, -0.15) is 0 Å². The molecule has 2 aliphatic rings. The quantitative estimate of drug-likeness (QED) is 0.363. The summed E-state index contributed by atoms with van der Waals surface area (Å²) in [6.45, 7) is 2.03. The smallest absolute Gasteiger partial charge is 0.270 e. The van der Waals surface area contributed by atoms with Gasteiger partial charge in [-0.05, 0) is 51.9 Å². The second kappa shape index (κ2) is 9.85. The van der Waals surface area contributed by atoms with Crippen molar-refractivity contribution >= 4 is 34.5 Å². The van der Waals surface area contributed by atoms with E-state index < -0.39 is 0 Å². The highest BCUT2D eigenvalue weighted by atomic mass is 32.1. The maximum atomic E-state index is 13.2. The van der Waals surface area contributed by atoms with E-state index in [1.807, 2.05) is 24.4 Å². The number of nitrogens with two attached hydrogens (primary N) is 1. The molecule has 1 aliphatic carbocycles. The average molecular weight is 528 g/mol. The molecule has 3 aromatic rings. The lowest BCUT2D eigenvalue weighted by Crippen LogP contribution is -2.31. The van der Waals surface area contributed by atoms with E-state index in [4.69, 9.17) is 10.7 Å². The molecule has 36 heavy (non-hydrogen) atoms. The van der Waals surface area contributed by atoms with Crippen molar-refractivity contribution in [1.82, 2.24) is 30.1 Å². The van der Waals surface area contributed by atoms with Gasteiger partial charge in [-0.1, -0.05) is 0 Å². The summed E-state index contributed by atoms with van der Waals surface area (Å²) in [6.07, 6.45) is 2.96. The van der Waals surface area contributed by atoms with Gasteiger partial charge < -0.3 is 25.8 Å². The minimum atomic E-state index is -0.349. The van der Waals surface area contributed by atoms with Gasteiger partial charge in [-0.3, -0.25) is 14.4 Å². The molecule has 0 unspecified atom stereocenters. The first-order valence-electron chi connectivity index (χ1n) is 11.9. The number of hydrogen-bond acceptors (Lipinski definition) is 9. The van der Waals surface area contributed by atoms with Gasteiger partial charge in [-0.25, -0.2) is 9.97 Å². The summed E-state index contributed by atoms with van der Waals surface area (Å²) in [5, 5.41) is 10.9. The molecule has 10 nitrogen and oxygen atoms in total. The Morgan fingerprint density at radius 2 is 2.06 bits per heavy atom. The van der Waals surface area contributed by atoms with Gasteiger partial charge in [0.25, 0.3) is 17.4 Å². The minimum absolute atomic E-state index is 0.109. The van der Waals surface area contributed by atoms with Gasteiger partial charge in [0.1, 0.15) is 21.4 Å². The fraction of sp³-hybridized carbons (Fsp3) is 0.458. The summed E-state index contributed by atoms with van der Waals surface area (Å²) in [7, 11) is 3.90. The minimum Gasteiger partial charge on any atom is -0.349 e. The number of amides is 2. The Bertz CT molecular complexity index is 1370. The van der Waals surface area contributed by atoms with Crippen molar-refractivity contribution in [2.75, 3.05) is 33.7 Å². The van der Waals surface area contributed by atoms with Crippen LogP contribution in [0.3, 0.4) is 0 Å². The van der Waals surface area contributed by atoms with Crippen LogP contribution in [-0.4, -0.2) is 65.0 Å². The number of hydrogen-bond donors (Lipinski definition) is 3. The van der Waals surface area contributed by atoms with Crippen LogP contribution in [0, 0.1) is 0 Å². The van der Waals surface area contributed by atoms with Gasteiger partial charge in [0.15, 0.2) is 0 Å². The summed E-state index contributed by atoms with van der Waals surface area (Å²) in [6, 6.07) is 1.61. The average Bonchev–Trinajstić information content (AvgIpc) is 3.16. The van der Waals surface area contributed by atoms with Crippen LogP contribution in [0.1, 0.15) is 56.4 Å². The molecule has 1 aliphatic heterocycles. The van der Waals surface area contributed by atoms with Gasteiger partial charge in [0, 0.05) is 35.6 Å². The highest BCUT2D eigenvalue weighted by Crippen LogP contribution is 2.50. The Kier molecular flexibility index (Phi) is 6.77. The van der Waals surface area contributed by atoms with Crippen LogP contribution in [-0.2, 0) is 18.5 Å². The van der Waals surface area contributed by atoms with Crippen molar-refractivity contribution in [3.8, 4) is 10.7 Å². The van der Waals surface area contributed by atoms with Gasteiger partial charge in [-0.15, -0.1) is 22.7 Å². The van der Waals surface area contributed by atoms with Crippen LogP contribution in [0.4, 0.5) is 0 Å². The van der Waals surface area contributed by atoms with Crippen LogP contribution in [0.15, 0.2) is 21.6 Å². The Labute approximate surface area is 216 Å².